The van der Waals surface area contributed by atoms with Gasteiger partial charge in [-0.1, -0.05) is 25.6 Å². The van der Waals surface area contributed by atoms with Gasteiger partial charge in [0.1, 0.15) is 0 Å². The van der Waals surface area contributed by atoms with Crippen molar-refractivity contribution in [2.45, 2.75) is 26.3 Å². The van der Waals surface area contributed by atoms with Gasteiger partial charge in [-0.3, -0.25) is 4.99 Å². The number of amidine groups is 1. The number of rotatable bonds is 5. The van der Waals surface area contributed by atoms with E-state index in [0.717, 1.165) is 23.4 Å². The summed E-state index contributed by atoms with van der Waals surface area (Å²) in [4.78, 5) is 4.52. The molecule has 82 valence electrons. The quantitative estimate of drug-likeness (QED) is 0.737. The van der Waals surface area contributed by atoms with Crippen LogP contribution in [0.2, 0.25) is 0 Å². The number of nitrogens with zero attached hydrogens (tertiary/aromatic N) is 1. The van der Waals surface area contributed by atoms with Crippen LogP contribution in [0.25, 0.3) is 0 Å². The van der Waals surface area contributed by atoms with Crippen LogP contribution in [-0.2, 0) is 0 Å². The zero-order valence-corrected chi connectivity index (χ0v) is 10.9. The average molecular weight is 232 g/mol. The van der Waals surface area contributed by atoms with Gasteiger partial charge in [-0.15, -0.1) is 0 Å². The summed E-state index contributed by atoms with van der Waals surface area (Å²) in [5.74, 6) is 3.09. The fourth-order valence-corrected chi connectivity index (χ4v) is 2.75. The van der Waals surface area contributed by atoms with E-state index in [4.69, 9.17) is 0 Å². The van der Waals surface area contributed by atoms with Crippen LogP contribution < -0.4 is 5.32 Å². The molecule has 0 aromatic carbocycles. The molecule has 1 aliphatic heterocycles. The van der Waals surface area contributed by atoms with Crippen LogP contribution in [-0.4, -0.2) is 35.5 Å². The van der Waals surface area contributed by atoms with Crippen molar-refractivity contribution < 1.29 is 0 Å². The molecule has 2 nitrogen and oxygen atoms in total. The fourth-order valence-electron chi connectivity index (χ4n) is 1.46. The average Bonchev–Trinajstić information content (AvgIpc) is 2.52. The molecule has 1 saturated heterocycles. The second-order valence-electron chi connectivity index (χ2n) is 3.96. The summed E-state index contributed by atoms with van der Waals surface area (Å²) in [6, 6.07) is 0.646. The Morgan fingerprint density at radius 1 is 1.64 bits per heavy atom. The molecule has 0 aliphatic carbocycles. The fraction of sp³-hybridized carbons (Fsp3) is 0.900. The minimum atomic E-state index is 0.646. The van der Waals surface area contributed by atoms with Crippen molar-refractivity contribution in [3.63, 3.8) is 0 Å². The summed E-state index contributed by atoms with van der Waals surface area (Å²) in [5, 5.41) is 4.64. The van der Waals surface area contributed by atoms with Crippen molar-refractivity contribution in [2.75, 3.05) is 24.3 Å². The minimum Gasteiger partial charge on any atom is -0.361 e. The lowest BCUT2D eigenvalue weighted by molar-refractivity contribution is 0.502. The topological polar surface area (TPSA) is 24.4 Å². The van der Waals surface area contributed by atoms with Gasteiger partial charge in [0.2, 0.25) is 0 Å². The summed E-state index contributed by atoms with van der Waals surface area (Å²) in [6.07, 6.45) is 3.38. The lowest BCUT2D eigenvalue weighted by Gasteiger charge is -2.11. The third-order valence-corrected chi connectivity index (χ3v) is 3.74. The predicted molar refractivity (Wildman–Crippen MR) is 69.5 cm³/mol. The number of aliphatic imine (C=N–C) groups is 1. The monoisotopic (exact) mass is 232 g/mol. The Hall–Kier alpha value is 0.170. The van der Waals surface area contributed by atoms with Crippen LogP contribution in [0.1, 0.15) is 20.3 Å². The molecule has 1 unspecified atom stereocenters. The Morgan fingerprint density at radius 2 is 2.43 bits per heavy atom. The van der Waals surface area contributed by atoms with Gasteiger partial charge in [0.15, 0.2) is 5.17 Å². The van der Waals surface area contributed by atoms with Gasteiger partial charge in [-0.25, -0.2) is 0 Å². The second-order valence-corrected chi connectivity index (χ2v) is 5.96. The van der Waals surface area contributed by atoms with E-state index in [0.29, 0.717) is 6.04 Å². The maximum atomic E-state index is 4.52. The molecule has 0 spiro atoms. The van der Waals surface area contributed by atoms with Crippen LogP contribution in [0.4, 0.5) is 0 Å². The van der Waals surface area contributed by atoms with E-state index in [-0.39, 0.29) is 0 Å². The largest absolute Gasteiger partial charge is 0.361 e. The van der Waals surface area contributed by atoms with E-state index in [1.165, 1.54) is 12.2 Å². The molecule has 0 saturated carbocycles. The molecule has 14 heavy (non-hydrogen) atoms. The maximum Gasteiger partial charge on any atom is 0.156 e. The molecule has 0 amide bonds. The Labute approximate surface area is 95.7 Å². The first-order valence-corrected chi connectivity index (χ1v) is 7.53. The Balaban J connectivity index is 2.22. The van der Waals surface area contributed by atoms with Crippen molar-refractivity contribution in [1.29, 1.82) is 0 Å². The van der Waals surface area contributed by atoms with Gasteiger partial charge >= 0.3 is 0 Å². The SMILES string of the molecule is CSCCN=C1NC(CC(C)C)CS1. The summed E-state index contributed by atoms with van der Waals surface area (Å²) in [5.41, 5.74) is 0. The highest BCUT2D eigenvalue weighted by Gasteiger charge is 2.20. The molecule has 0 bridgehead atoms. The molecule has 4 heteroatoms. The van der Waals surface area contributed by atoms with Crippen molar-refractivity contribution >= 4 is 28.7 Å². The molecule has 1 atom stereocenters. The van der Waals surface area contributed by atoms with Crippen molar-refractivity contribution in [1.82, 2.24) is 5.32 Å². The van der Waals surface area contributed by atoms with E-state index in [1.807, 2.05) is 23.5 Å². The van der Waals surface area contributed by atoms with E-state index >= 15 is 0 Å². The highest BCUT2D eigenvalue weighted by Crippen LogP contribution is 2.18. The van der Waals surface area contributed by atoms with Crippen molar-refractivity contribution in [3.05, 3.63) is 0 Å². The first kappa shape index (κ1) is 12.2. The van der Waals surface area contributed by atoms with Gasteiger partial charge in [-0.05, 0) is 18.6 Å². The molecule has 1 rings (SSSR count). The van der Waals surface area contributed by atoms with E-state index < -0.39 is 0 Å². The third kappa shape index (κ3) is 4.60. The highest BCUT2D eigenvalue weighted by atomic mass is 32.2. The smallest absolute Gasteiger partial charge is 0.156 e. The van der Waals surface area contributed by atoms with Crippen LogP contribution in [0, 0.1) is 5.92 Å². The molecular formula is C10H20N2S2. The third-order valence-electron chi connectivity index (χ3n) is 2.06. The maximum absolute atomic E-state index is 4.52. The molecular weight excluding hydrogens is 212 g/mol. The standard InChI is InChI=1S/C10H20N2S2/c1-8(2)6-9-7-14-10(12-9)11-4-5-13-3/h8-9H,4-7H2,1-3H3,(H,11,12). The second kappa shape index (κ2) is 6.62. The van der Waals surface area contributed by atoms with Gasteiger partial charge in [0.05, 0.1) is 6.54 Å². The lowest BCUT2D eigenvalue weighted by Crippen LogP contribution is -2.28. The number of nitrogens with one attached hydrogen (secondary N) is 1. The number of hydrogen-bond acceptors (Lipinski definition) is 3. The zero-order valence-electron chi connectivity index (χ0n) is 9.25. The van der Waals surface area contributed by atoms with Crippen LogP contribution in [0.15, 0.2) is 4.99 Å². The van der Waals surface area contributed by atoms with E-state index in [1.54, 1.807) is 0 Å². The molecule has 0 aromatic heterocycles. The van der Waals surface area contributed by atoms with Crippen molar-refractivity contribution in [3.8, 4) is 0 Å². The van der Waals surface area contributed by atoms with E-state index in [2.05, 4.69) is 30.4 Å². The van der Waals surface area contributed by atoms with Gasteiger partial charge < -0.3 is 5.32 Å². The first-order valence-electron chi connectivity index (χ1n) is 5.15. The molecule has 0 radical (unpaired) electrons. The summed E-state index contributed by atoms with van der Waals surface area (Å²) in [6.45, 7) is 5.50. The molecule has 1 heterocycles. The summed E-state index contributed by atoms with van der Waals surface area (Å²) >= 11 is 3.72. The molecule has 1 fully saturated rings. The Morgan fingerprint density at radius 3 is 3.07 bits per heavy atom. The van der Waals surface area contributed by atoms with Gasteiger partial charge in [0, 0.05) is 17.5 Å². The minimum absolute atomic E-state index is 0.646. The first-order chi connectivity index (χ1) is 6.72. The lowest BCUT2D eigenvalue weighted by atomic mass is 10.1. The molecule has 1 N–H and O–H groups in total. The summed E-state index contributed by atoms with van der Waals surface area (Å²) < 4.78 is 0. The van der Waals surface area contributed by atoms with Gasteiger partial charge in [0.25, 0.3) is 0 Å². The number of thioether (sulfide) groups is 2. The number of hydrogen-bond donors (Lipinski definition) is 1. The zero-order chi connectivity index (χ0) is 10.4. The van der Waals surface area contributed by atoms with Crippen LogP contribution in [0.3, 0.4) is 0 Å². The van der Waals surface area contributed by atoms with Crippen molar-refractivity contribution in [2.24, 2.45) is 10.9 Å². The predicted octanol–water partition coefficient (Wildman–Crippen LogP) is 2.46. The molecule has 1 aliphatic rings. The normalized spacial score (nSPS) is 24.6. The van der Waals surface area contributed by atoms with E-state index in [9.17, 15) is 0 Å². The Kier molecular flexibility index (Phi) is 5.78. The molecule has 0 aromatic rings. The van der Waals surface area contributed by atoms with Gasteiger partial charge in [-0.2, -0.15) is 11.8 Å². The summed E-state index contributed by atoms with van der Waals surface area (Å²) in [7, 11) is 0. The highest BCUT2D eigenvalue weighted by molar-refractivity contribution is 8.14. The van der Waals surface area contributed by atoms with Crippen LogP contribution in [0.5, 0.6) is 0 Å². The Bertz CT molecular complexity index is 193. The van der Waals surface area contributed by atoms with Crippen LogP contribution >= 0.6 is 23.5 Å².